The maximum absolute atomic E-state index is 13.5. The van der Waals surface area contributed by atoms with E-state index in [2.05, 4.69) is 5.32 Å². The average molecular weight is 322 g/mol. The zero-order valence-electron chi connectivity index (χ0n) is 12.3. The molecule has 0 saturated carbocycles. The lowest BCUT2D eigenvalue weighted by molar-refractivity contribution is 0.0996. The molecule has 3 aromatic rings. The van der Waals surface area contributed by atoms with E-state index in [9.17, 15) is 9.18 Å². The van der Waals surface area contributed by atoms with E-state index >= 15 is 0 Å². The van der Waals surface area contributed by atoms with Crippen molar-refractivity contribution >= 4 is 11.6 Å². The number of nitrogens with one attached hydrogen (secondary N) is 1. The van der Waals surface area contributed by atoms with Crippen LogP contribution in [-0.4, -0.2) is 5.91 Å². The number of benzene rings is 2. The van der Waals surface area contributed by atoms with Gasteiger partial charge in [-0.05, 0) is 48.5 Å². The molecule has 118 valence electrons. The highest BCUT2D eigenvalue weighted by Gasteiger charge is 2.11. The molecule has 0 aliphatic heterocycles. The third-order valence-corrected chi connectivity index (χ3v) is 3.17. The molecule has 2 aromatic carbocycles. The maximum Gasteiger partial charge on any atom is 0.291 e. The second-order valence-corrected chi connectivity index (χ2v) is 4.78. The Hall–Kier alpha value is -3.59. The van der Waals surface area contributed by atoms with Gasteiger partial charge in [-0.2, -0.15) is 5.26 Å². The molecule has 1 heterocycles. The van der Waals surface area contributed by atoms with Gasteiger partial charge < -0.3 is 14.5 Å². The Morgan fingerprint density at radius 3 is 2.58 bits per heavy atom. The van der Waals surface area contributed by atoms with Crippen molar-refractivity contribution in [2.75, 3.05) is 5.32 Å². The number of amides is 1. The minimum atomic E-state index is -0.641. The quantitative estimate of drug-likeness (QED) is 0.775. The Balaban J connectivity index is 1.73. The molecule has 0 fully saturated rings. The fourth-order valence-corrected chi connectivity index (χ4v) is 2.03. The molecule has 1 amide bonds. The number of anilines is 1. The van der Waals surface area contributed by atoms with Gasteiger partial charge in [-0.25, -0.2) is 4.39 Å². The lowest BCUT2D eigenvalue weighted by Crippen LogP contribution is -2.10. The van der Waals surface area contributed by atoms with Crippen molar-refractivity contribution in [2.45, 2.75) is 0 Å². The molecule has 1 N–H and O–H groups in total. The average Bonchev–Trinajstić information content (AvgIpc) is 3.11. The lowest BCUT2D eigenvalue weighted by atomic mass is 10.2. The Labute approximate surface area is 136 Å². The number of nitrogens with zero attached hydrogens (tertiary/aromatic N) is 1. The van der Waals surface area contributed by atoms with Crippen molar-refractivity contribution in [1.29, 1.82) is 5.26 Å². The van der Waals surface area contributed by atoms with Crippen LogP contribution in [0.4, 0.5) is 10.1 Å². The molecule has 0 aliphatic rings. The molecule has 5 nitrogen and oxygen atoms in total. The van der Waals surface area contributed by atoms with E-state index in [0.29, 0.717) is 11.4 Å². The van der Waals surface area contributed by atoms with Gasteiger partial charge in [0.1, 0.15) is 28.9 Å². The van der Waals surface area contributed by atoms with E-state index < -0.39 is 5.82 Å². The van der Waals surface area contributed by atoms with Crippen molar-refractivity contribution in [1.82, 2.24) is 0 Å². The molecule has 0 saturated heterocycles. The fourth-order valence-electron chi connectivity index (χ4n) is 2.03. The molecule has 0 atom stereocenters. The maximum atomic E-state index is 13.5. The highest BCUT2D eigenvalue weighted by atomic mass is 19.1. The molecule has 24 heavy (non-hydrogen) atoms. The standard InChI is InChI=1S/C18H11FN2O3/c19-15-3-1-4-16(14(15)11-20)24-13-8-6-12(7-9-13)21-18(22)17-5-2-10-23-17/h1-10H,(H,21,22). The first kappa shape index (κ1) is 15.3. The van der Waals surface area contributed by atoms with Gasteiger partial charge in [0.2, 0.25) is 0 Å². The summed E-state index contributed by atoms with van der Waals surface area (Å²) < 4.78 is 24.1. The van der Waals surface area contributed by atoms with E-state index in [-0.39, 0.29) is 23.0 Å². The Kier molecular flexibility index (Phi) is 4.25. The molecule has 0 radical (unpaired) electrons. The van der Waals surface area contributed by atoms with Gasteiger partial charge >= 0.3 is 0 Å². The van der Waals surface area contributed by atoms with Crippen LogP contribution < -0.4 is 10.1 Å². The number of hydrogen-bond acceptors (Lipinski definition) is 4. The molecule has 0 spiro atoms. The number of rotatable bonds is 4. The first-order chi connectivity index (χ1) is 11.7. The predicted molar refractivity (Wildman–Crippen MR) is 84.3 cm³/mol. The van der Waals surface area contributed by atoms with Gasteiger partial charge in [-0.15, -0.1) is 0 Å². The summed E-state index contributed by atoms with van der Waals surface area (Å²) in [4.78, 5) is 11.9. The van der Waals surface area contributed by atoms with E-state index in [1.807, 2.05) is 0 Å². The predicted octanol–water partition coefficient (Wildman–Crippen LogP) is 4.33. The first-order valence-electron chi connectivity index (χ1n) is 6.99. The molecule has 0 aliphatic carbocycles. The minimum Gasteiger partial charge on any atom is -0.459 e. The molecule has 6 heteroatoms. The number of nitriles is 1. The normalized spacial score (nSPS) is 10.0. The SMILES string of the molecule is N#Cc1c(F)cccc1Oc1ccc(NC(=O)c2ccco2)cc1. The van der Waals surface area contributed by atoms with Crippen LogP contribution >= 0.6 is 0 Å². The molecule has 1 aromatic heterocycles. The fraction of sp³-hybridized carbons (Fsp3) is 0. The van der Waals surface area contributed by atoms with Gasteiger partial charge in [0, 0.05) is 5.69 Å². The smallest absolute Gasteiger partial charge is 0.291 e. The largest absolute Gasteiger partial charge is 0.459 e. The van der Waals surface area contributed by atoms with Crippen molar-refractivity contribution in [2.24, 2.45) is 0 Å². The highest BCUT2D eigenvalue weighted by Crippen LogP contribution is 2.27. The summed E-state index contributed by atoms with van der Waals surface area (Å²) in [5.74, 6) is -0.269. The van der Waals surface area contributed by atoms with Crippen LogP contribution in [0.5, 0.6) is 11.5 Å². The van der Waals surface area contributed by atoms with Crippen LogP contribution in [0.1, 0.15) is 16.1 Å². The number of hydrogen-bond donors (Lipinski definition) is 1. The molecule has 0 unspecified atom stereocenters. The number of furan rings is 1. The molecular formula is C18H11FN2O3. The van der Waals surface area contributed by atoms with Gasteiger partial charge in [0.25, 0.3) is 5.91 Å². The van der Waals surface area contributed by atoms with Crippen LogP contribution in [0.15, 0.2) is 65.3 Å². The van der Waals surface area contributed by atoms with Gasteiger partial charge in [-0.3, -0.25) is 4.79 Å². The molecular weight excluding hydrogens is 311 g/mol. The first-order valence-corrected chi connectivity index (χ1v) is 6.99. The van der Waals surface area contributed by atoms with Gasteiger partial charge in [-0.1, -0.05) is 6.07 Å². The Morgan fingerprint density at radius 1 is 1.12 bits per heavy atom. The van der Waals surface area contributed by atoms with Crippen molar-refractivity contribution in [3.05, 3.63) is 78.0 Å². The topological polar surface area (TPSA) is 75.3 Å². The van der Waals surface area contributed by atoms with E-state index in [4.69, 9.17) is 14.4 Å². The summed E-state index contributed by atoms with van der Waals surface area (Å²) in [7, 11) is 0. The van der Waals surface area contributed by atoms with E-state index in [0.717, 1.165) is 0 Å². The summed E-state index contributed by atoms with van der Waals surface area (Å²) in [5.41, 5.74) is 0.385. The molecule has 3 rings (SSSR count). The van der Waals surface area contributed by atoms with Crippen LogP contribution in [0.2, 0.25) is 0 Å². The van der Waals surface area contributed by atoms with Crippen molar-refractivity contribution < 1.29 is 18.3 Å². The van der Waals surface area contributed by atoms with Crippen LogP contribution in [0.25, 0.3) is 0 Å². The van der Waals surface area contributed by atoms with E-state index in [1.165, 1.54) is 24.5 Å². The summed E-state index contributed by atoms with van der Waals surface area (Å²) >= 11 is 0. The second kappa shape index (κ2) is 6.67. The summed E-state index contributed by atoms with van der Waals surface area (Å²) in [6, 6.07) is 15.6. The van der Waals surface area contributed by atoms with Crippen LogP contribution in [0.3, 0.4) is 0 Å². The van der Waals surface area contributed by atoms with Crippen LogP contribution in [0, 0.1) is 17.1 Å². The highest BCUT2D eigenvalue weighted by molar-refractivity contribution is 6.02. The number of halogens is 1. The zero-order valence-corrected chi connectivity index (χ0v) is 12.3. The third kappa shape index (κ3) is 3.25. The van der Waals surface area contributed by atoms with Gasteiger partial charge in [0.15, 0.2) is 5.76 Å². The van der Waals surface area contributed by atoms with Crippen molar-refractivity contribution in [3.63, 3.8) is 0 Å². The summed E-state index contributed by atoms with van der Waals surface area (Å²) in [6.45, 7) is 0. The number of carbonyl (C=O) groups is 1. The zero-order chi connectivity index (χ0) is 16.9. The number of carbonyl (C=O) groups excluding carboxylic acids is 1. The third-order valence-electron chi connectivity index (χ3n) is 3.17. The number of ether oxygens (including phenoxy) is 1. The lowest BCUT2D eigenvalue weighted by Gasteiger charge is -2.09. The Bertz CT molecular complexity index is 897. The van der Waals surface area contributed by atoms with Crippen molar-refractivity contribution in [3.8, 4) is 17.6 Å². The second-order valence-electron chi connectivity index (χ2n) is 4.78. The molecule has 0 bridgehead atoms. The summed E-state index contributed by atoms with van der Waals surface area (Å²) in [5, 5.41) is 11.7. The van der Waals surface area contributed by atoms with Crippen LogP contribution in [-0.2, 0) is 0 Å². The Morgan fingerprint density at radius 2 is 1.92 bits per heavy atom. The van der Waals surface area contributed by atoms with E-state index in [1.54, 1.807) is 42.5 Å². The van der Waals surface area contributed by atoms with Gasteiger partial charge in [0.05, 0.1) is 6.26 Å². The summed E-state index contributed by atoms with van der Waals surface area (Å²) in [6.07, 6.45) is 1.41. The minimum absolute atomic E-state index is 0.130. The monoisotopic (exact) mass is 322 g/mol.